The van der Waals surface area contributed by atoms with E-state index in [2.05, 4.69) is 26.0 Å². The van der Waals surface area contributed by atoms with Gasteiger partial charge in [0.15, 0.2) is 0 Å². The fourth-order valence-electron chi connectivity index (χ4n) is 1.73. The van der Waals surface area contributed by atoms with Gasteiger partial charge in [-0.3, -0.25) is 0 Å². The van der Waals surface area contributed by atoms with Crippen molar-refractivity contribution < 1.29 is 13.9 Å². The molecule has 0 aliphatic rings. The van der Waals surface area contributed by atoms with Crippen molar-refractivity contribution in [3.8, 4) is 0 Å². The molecule has 2 aromatic carbocycles. The molecule has 21 heavy (non-hydrogen) atoms. The minimum absolute atomic E-state index is 0.207. The number of benzene rings is 2. The number of carbonyl (C=O) groups excluding carboxylic acids is 1. The van der Waals surface area contributed by atoms with Gasteiger partial charge in [0, 0.05) is 15.8 Å². The van der Waals surface area contributed by atoms with Crippen molar-refractivity contribution in [2.75, 3.05) is 18.2 Å². The van der Waals surface area contributed by atoms with Crippen molar-refractivity contribution in [2.24, 2.45) is 0 Å². The van der Waals surface area contributed by atoms with Gasteiger partial charge < -0.3 is 15.8 Å². The Kier molecular flexibility index (Phi) is 4.69. The molecule has 0 saturated carbocycles. The van der Waals surface area contributed by atoms with E-state index in [1.807, 2.05) is 0 Å². The second-order valence-corrected chi connectivity index (χ2v) is 5.42. The van der Waals surface area contributed by atoms with Crippen LogP contribution in [0, 0.1) is 5.82 Å². The number of hydrogen-bond acceptors (Lipinski definition) is 4. The average molecular weight is 374 g/mol. The zero-order chi connectivity index (χ0) is 15.6. The smallest absolute Gasteiger partial charge is 0.340 e. The first kappa shape index (κ1) is 15.6. The molecule has 4 nitrogen and oxygen atoms in total. The highest BCUT2D eigenvalue weighted by Crippen LogP contribution is 2.34. The zero-order valence-corrected chi connectivity index (χ0v) is 13.3. The molecule has 2 aromatic rings. The number of methoxy groups -OCH3 is 1. The maximum absolute atomic E-state index is 13.2. The lowest BCUT2D eigenvalue weighted by Crippen LogP contribution is -2.06. The van der Waals surface area contributed by atoms with Crippen molar-refractivity contribution in [1.29, 1.82) is 0 Å². The average Bonchev–Trinajstić information content (AvgIpc) is 2.43. The van der Waals surface area contributed by atoms with Gasteiger partial charge >= 0.3 is 5.97 Å². The van der Waals surface area contributed by atoms with Gasteiger partial charge in [0.1, 0.15) is 5.82 Å². The second-order valence-electron chi connectivity index (χ2n) is 4.16. The van der Waals surface area contributed by atoms with Gasteiger partial charge in [0.2, 0.25) is 0 Å². The normalized spacial score (nSPS) is 10.3. The number of nitrogens with one attached hydrogen (secondary N) is 1. The molecule has 0 aliphatic carbocycles. The molecule has 0 aliphatic heterocycles. The Hall–Kier alpha value is -1.79. The molecule has 0 fully saturated rings. The van der Waals surface area contributed by atoms with Crippen LogP contribution in [0.3, 0.4) is 0 Å². The lowest BCUT2D eigenvalue weighted by Gasteiger charge is -2.12. The van der Waals surface area contributed by atoms with Crippen LogP contribution in [-0.4, -0.2) is 13.1 Å². The van der Waals surface area contributed by atoms with Crippen molar-refractivity contribution in [3.63, 3.8) is 0 Å². The van der Waals surface area contributed by atoms with Crippen LogP contribution in [0.25, 0.3) is 0 Å². The van der Waals surface area contributed by atoms with E-state index < -0.39 is 11.8 Å². The summed E-state index contributed by atoms with van der Waals surface area (Å²) in [6, 6.07) is 7.25. The molecule has 0 saturated heterocycles. The number of esters is 1. The van der Waals surface area contributed by atoms with Crippen LogP contribution in [0.5, 0.6) is 0 Å². The minimum atomic E-state index is -0.541. The van der Waals surface area contributed by atoms with Gasteiger partial charge in [0.05, 0.1) is 23.4 Å². The molecule has 0 spiro atoms. The van der Waals surface area contributed by atoms with Gasteiger partial charge in [-0.1, -0.05) is 11.6 Å². The molecular formula is C14H11BrClFN2O2. The number of halogens is 3. The fraction of sp³-hybridized carbons (Fsp3) is 0.0714. The topological polar surface area (TPSA) is 64.3 Å². The van der Waals surface area contributed by atoms with Gasteiger partial charge in [0.25, 0.3) is 0 Å². The first-order valence-corrected chi connectivity index (χ1v) is 6.99. The Morgan fingerprint density at radius 3 is 2.71 bits per heavy atom. The summed E-state index contributed by atoms with van der Waals surface area (Å²) in [6.07, 6.45) is 0. The summed E-state index contributed by atoms with van der Waals surface area (Å²) in [6.45, 7) is 0. The highest BCUT2D eigenvalue weighted by molar-refractivity contribution is 9.10. The number of carbonyl (C=O) groups is 1. The van der Waals surface area contributed by atoms with E-state index in [-0.39, 0.29) is 10.6 Å². The molecule has 2 rings (SSSR count). The molecule has 110 valence electrons. The number of ether oxygens (including phenoxy) is 1. The summed E-state index contributed by atoms with van der Waals surface area (Å²) in [7, 11) is 1.27. The molecule has 0 heterocycles. The molecule has 7 heteroatoms. The van der Waals surface area contributed by atoms with Gasteiger partial charge in [-0.2, -0.15) is 0 Å². The lowest BCUT2D eigenvalue weighted by atomic mass is 10.1. The van der Waals surface area contributed by atoms with E-state index in [0.717, 1.165) is 0 Å². The standard InChI is InChI=1S/C14H11BrClFN2O2/c1-21-14(20)9-6-8(2-3-12(9)18)19-13-10(15)4-7(17)5-11(13)16/h2-6,19H,18H2,1H3. The molecule has 0 atom stereocenters. The predicted molar refractivity (Wildman–Crippen MR) is 84.6 cm³/mol. The third-order valence-corrected chi connectivity index (χ3v) is 3.66. The number of rotatable bonds is 3. The minimum Gasteiger partial charge on any atom is -0.465 e. The van der Waals surface area contributed by atoms with Gasteiger partial charge in [-0.15, -0.1) is 0 Å². The Labute approximate surface area is 134 Å². The van der Waals surface area contributed by atoms with E-state index in [1.165, 1.54) is 25.3 Å². The van der Waals surface area contributed by atoms with Crippen LogP contribution < -0.4 is 11.1 Å². The van der Waals surface area contributed by atoms with Crippen LogP contribution in [0.1, 0.15) is 10.4 Å². The van der Waals surface area contributed by atoms with E-state index in [9.17, 15) is 9.18 Å². The summed E-state index contributed by atoms with van der Waals surface area (Å²) < 4.78 is 18.3. The third kappa shape index (κ3) is 3.46. The first-order valence-electron chi connectivity index (χ1n) is 5.81. The summed E-state index contributed by atoms with van der Waals surface area (Å²) in [4.78, 5) is 11.6. The largest absolute Gasteiger partial charge is 0.465 e. The SMILES string of the molecule is COC(=O)c1cc(Nc2c(Cl)cc(F)cc2Br)ccc1N. The Morgan fingerprint density at radius 2 is 2.10 bits per heavy atom. The van der Waals surface area contributed by atoms with E-state index in [4.69, 9.17) is 17.3 Å². The summed E-state index contributed by atoms with van der Waals surface area (Å²) in [5.41, 5.74) is 7.31. The maximum atomic E-state index is 13.2. The number of nitrogen functional groups attached to an aromatic ring is 1. The quantitative estimate of drug-likeness (QED) is 0.620. The number of nitrogens with two attached hydrogens (primary N) is 1. The summed E-state index contributed by atoms with van der Waals surface area (Å²) in [5, 5.41) is 3.21. The van der Waals surface area contributed by atoms with Crippen molar-refractivity contribution in [1.82, 2.24) is 0 Å². The van der Waals surface area contributed by atoms with Crippen LogP contribution in [0.15, 0.2) is 34.8 Å². The van der Waals surface area contributed by atoms with Crippen molar-refractivity contribution in [2.45, 2.75) is 0 Å². The lowest BCUT2D eigenvalue weighted by molar-refractivity contribution is 0.0602. The fourth-order valence-corrected chi connectivity index (χ4v) is 2.63. The second kappa shape index (κ2) is 6.32. The van der Waals surface area contributed by atoms with Crippen molar-refractivity contribution >= 4 is 50.6 Å². The number of hydrogen-bond donors (Lipinski definition) is 2. The van der Waals surface area contributed by atoms with Crippen LogP contribution in [-0.2, 0) is 4.74 Å². The predicted octanol–water partition coefficient (Wildman–Crippen LogP) is 4.35. The molecule has 3 N–H and O–H groups in total. The summed E-state index contributed by atoms with van der Waals surface area (Å²) in [5.74, 6) is -0.995. The van der Waals surface area contributed by atoms with Gasteiger partial charge in [-0.05, 0) is 46.3 Å². The molecule has 0 amide bonds. The Balaban J connectivity index is 2.39. The van der Waals surface area contributed by atoms with E-state index in [0.29, 0.717) is 21.5 Å². The van der Waals surface area contributed by atoms with E-state index >= 15 is 0 Å². The maximum Gasteiger partial charge on any atom is 0.340 e. The Morgan fingerprint density at radius 1 is 1.38 bits per heavy atom. The van der Waals surface area contributed by atoms with Gasteiger partial charge in [-0.25, -0.2) is 9.18 Å². The van der Waals surface area contributed by atoms with Crippen LogP contribution in [0.4, 0.5) is 21.5 Å². The highest BCUT2D eigenvalue weighted by atomic mass is 79.9. The zero-order valence-electron chi connectivity index (χ0n) is 10.9. The van der Waals surface area contributed by atoms with Crippen LogP contribution >= 0.6 is 27.5 Å². The molecular weight excluding hydrogens is 363 g/mol. The number of anilines is 3. The van der Waals surface area contributed by atoms with E-state index in [1.54, 1.807) is 12.1 Å². The highest BCUT2D eigenvalue weighted by Gasteiger charge is 2.13. The molecule has 0 bridgehead atoms. The monoisotopic (exact) mass is 372 g/mol. The van der Waals surface area contributed by atoms with Crippen molar-refractivity contribution in [3.05, 3.63) is 51.2 Å². The third-order valence-electron chi connectivity index (χ3n) is 2.73. The molecule has 0 unspecified atom stereocenters. The Bertz CT molecular complexity index is 686. The molecule has 0 aromatic heterocycles. The summed E-state index contributed by atoms with van der Waals surface area (Å²) >= 11 is 9.22. The first-order chi connectivity index (χ1) is 9.92. The molecule has 0 radical (unpaired) electrons. The van der Waals surface area contributed by atoms with Crippen LogP contribution in [0.2, 0.25) is 5.02 Å².